The lowest BCUT2D eigenvalue weighted by atomic mass is 9.45. The normalized spacial score (nSPS) is 48.8. The summed E-state index contributed by atoms with van der Waals surface area (Å²) in [4.78, 5) is 38.3. The summed E-state index contributed by atoms with van der Waals surface area (Å²) in [6.45, 7) is 1.61. The van der Waals surface area contributed by atoms with Crippen LogP contribution in [0.5, 0.6) is 0 Å². The third-order valence-corrected chi connectivity index (χ3v) is 7.97. The minimum atomic E-state index is -1.40. The Balaban J connectivity index is 1.74. The van der Waals surface area contributed by atoms with Crippen molar-refractivity contribution >= 4 is 17.3 Å². The minimum absolute atomic E-state index is 0.199. The first kappa shape index (κ1) is 17.5. The summed E-state index contributed by atoms with van der Waals surface area (Å²) in [5, 5.41) is 22.3. The topological polar surface area (TPSA) is 91.7 Å². The van der Waals surface area contributed by atoms with Crippen molar-refractivity contribution in [3.63, 3.8) is 0 Å². The number of allylic oxidation sites excluding steroid dienone is 3. The number of likely N-dealkylation sites (tertiary alicyclic amines) is 1. The highest BCUT2D eigenvalue weighted by Gasteiger charge is 2.75. The van der Waals surface area contributed by atoms with Gasteiger partial charge in [-0.15, -0.1) is 0 Å². The van der Waals surface area contributed by atoms with Crippen molar-refractivity contribution in [2.24, 2.45) is 17.3 Å². The Hall–Kier alpha value is -1.63. The summed E-state index contributed by atoms with van der Waals surface area (Å²) in [7, 11) is 2.14. The Morgan fingerprint density at radius 1 is 1.15 bits per heavy atom. The highest BCUT2D eigenvalue weighted by Crippen LogP contribution is 2.62. The zero-order chi connectivity index (χ0) is 19.2. The van der Waals surface area contributed by atoms with Gasteiger partial charge in [-0.25, -0.2) is 0 Å². The SMILES string of the molecule is C[N@+]1(CC2CC2)CC[C@]23C(=O)C(O)CCC2(O)C1C=C1C=CC(=O)C(=O)C13. The van der Waals surface area contributed by atoms with Crippen LogP contribution in [-0.4, -0.2) is 69.9 Å². The molecule has 1 saturated heterocycles. The summed E-state index contributed by atoms with van der Waals surface area (Å²) < 4.78 is 0.651. The molecule has 0 aromatic carbocycles. The van der Waals surface area contributed by atoms with E-state index >= 15 is 0 Å². The van der Waals surface area contributed by atoms with Crippen molar-refractivity contribution in [3.05, 3.63) is 23.8 Å². The number of fused-ring (bicyclic) bond motifs is 1. The third-order valence-electron chi connectivity index (χ3n) is 7.97. The van der Waals surface area contributed by atoms with Crippen molar-refractivity contribution in [2.75, 3.05) is 20.1 Å². The number of carbonyl (C=O) groups excluding carboxylic acids is 3. The molecule has 0 aromatic heterocycles. The Morgan fingerprint density at radius 2 is 1.89 bits per heavy atom. The number of carbonyl (C=O) groups is 3. The fourth-order valence-corrected chi connectivity index (χ4v) is 6.50. The number of piperidine rings is 1. The molecule has 0 aromatic rings. The van der Waals surface area contributed by atoms with Gasteiger partial charge in [0.05, 0.1) is 31.5 Å². The molecule has 1 aliphatic heterocycles. The molecule has 3 fully saturated rings. The molecule has 6 atom stereocenters. The molecular formula is C21H26NO5+. The molecular weight excluding hydrogens is 346 g/mol. The summed E-state index contributed by atoms with van der Waals surface area (Å²) in [6.07, 6.45) is 6.89. The number of Topliss-reactive ketones (excluding diaryl/α,β-unsaturated/α-hetero) is 2. The Bertz CT molecular complexity index is 826. The summed E-state index contributed by atoms with van der Waals surface area (Å²) in [5.41, 5.74) is -2.13. The van der Waals surface area contributed by atoms with Gasteiger partial charge in [0.15, 0.2) is 5.78 Å². The highest BCUT2D eigenvalue weighted by atomic mass is 16.3. The van der Waals surface area contributed by atoms with Crippen molar-refractivity contribution in [2.45, 2.75) is 49.9 Å². The van der Waals surface area contributed by atoms with Crippen LogP contribution in [0, 0.1) is 17.3 Å². The largest absolute Gasteiger partial charge is 0.385 e. The molecule has 2 saturated carbocycles. The van der Waals surface area contributed by atoms with E-state index in [0.717, 1.165) is 6.54 Å². The van der Waals surface area contributed by atoms with E-state index in [2.05, 4.69) is 7.05 Å². The van der Waals surface area contributed by atoms with Gasteiger partial charge >= 0.3 is 0 Å². The molecule has 4 unspecified atom stereocenters. The van der Waals surface area contributed by atoms with E-state index in [1.54, 1.807) is 6.08 Å². The maximum atomic E-state index is 13.3. The first-order chi connectivity index (χ1) is 12.7. The van der Waals surface area contributed by atoms with Crippen LogP contribution in [0.1, 0.15) is 32.1 Å². The van der Waals surface area contributed by atoms with Crippen molar-refractivity contribution in [3.8, 4) is 0 Å². The van der Waals surface area contributed by atoms with Crippen LogP contribution in [0.3, 0.4) is 0 Å². The zero-order valence-electron chi connectivity index (χ0n) is 15.6. The van der Waals surface area contributed by atoms with Crippen LogP contribution in [0.4, 0.5) is 0 Å². The molecule has 6 nitrogen and oxygen atoms in total. The number of ketones is 3. The molecule has 5 aliphatic rings. The number of rotatable bonds is 2. The molecule has 0 radical (unpaired) electrons. The lowest BCUT2D eigenvalue weighted by Crippen LogP contribution is -2.80. The monoisotopic (exact) mass is 372 g/mol. The van der Waals surface area contributed by atoms with Gasteiger partial charge < -0.3 is 14.7 Å². The van der Waals surface area contributed by atoms with Crippen LogP contribution in [0.2, 0.25) is 0 Å². The van der Waals surface area contributed by atoms with E-state index in [0.29, 0.717) is 28.9 Å². The quantitative estimate of drug-likeness (QED) is 0.538. The minimum Gasteiger partial charge on any atom is -0.385 e. The molecule has 0 amide bonds. The smallest absolute Gasteiger partial charge is 0.222 e. The lowest BCUT2D eigenvalue weighted by molar-refractivity contribution is -0.944. The van der Waals surface area contributed by atoms with E-state index in [4.69, 9.17) is 0 Å². The molecule has 27 heavy (non-hydrogen) atoms. The summed E-state index contributed by atoms with van der Waals surface area (Å²) in [5.74, 6) is -2.01. The molecule has 0 spiro atoms. The Labute approximate surface area is 158 Å². The van der Waals surface area contributed by atoms with Crippen LogP contribution in [0.25, 0.3) is 0 Å². The molecule has 2 N–H and O–H groups in total. The fraction of sp³-hybridized carbons (Fsp3) is 0.667. The molecule has 144 valence electrons. The maximum Gasteiger partial charge on any atom is 0.222 e. The predicted molar refractivity (Wildman–Crippen MR) is 95.4 cm³/mol. The second-order valence-corrected chi connectivity index (χ2v) is 9.50. The van der Waals surface area contributed by atoms with Crippen LogP contribution >= 0.6 is 0 Å². The summed E-state index contributed by atoms with van der Waals surface area (Å²) >= 11 is 0. The molecule has 6 heteroatoms. The van der Waals surface area contributed by atoms with E-state index in [-0.39, 0.29) is 18.9 Å². The Morgan fingerprint density at radius 3 is 2.59 bits per heavy atom. The van der Waals surface area contributed by atoms with Gasteiger partial charge in [0.2, 0.25) is 11.6 Å². The average molecular weight is 372 g/mol. The molecule has 2 bridgehead atoms. The number of nitrogens with zero attached hydrogens (tertiary/aromatic N) is 1. The van der Waals surface area contributed by atoms with Gasteiger partial charge in [0, 0.05) is 12.3 Å². The maximum absolute atomic E-state index is 13.3. The number of hydrogen-bond donors (Lipinski definition) is 2. The molecule has 4 aliphatic carbocycles. The Kier molecular flexibility index (Phi) is 3.39. The van der Waals surface area contributed by atoms with Gasteiger partial charge in [0.1, 0.15) is 17.7 Å². The molecule has 1 heterocycles. The van der Waals surface area contributed by atoms with Crippen molar-refractivity contribution in [1.29, 1.82) is 0 Å². The molecule has 5 rings (SSSR count). The number of aliphatic hydroxyl groups is 2. The van der Waals surface area contributed by atoms with Gasteiger partial charge in [-0.2, -0.15) is 0 Å². The predicted octanol–water partition coefficient (Wildman–Crippen LogP) is 0.321. The van der Waals surface area contributed by atoms with Crippen LogP contribution in [0.15, 0.2) is 23.8 Å². The number of likely N-dealkylation sites (N-methyl/N-ethyl adjacent to an activating group) is 1. The lowest BCUT2D eigenvalue weighted by Gasteiger charge is -2.65. The van der Waals surface area contributed by atoms with E-state index in [1.807, 2.05) is 6.08 Å². The first-order valence-electron chi connectivity index (χ1n) is 10.00. The number of quaternary nitrogens is 1. The van der Waals surface area contributed by atoms with E-state index in [1.165, 1.54) is 18.9 Å². The summed E-state index contributed by atoms with van der Waals surface area (Å²) in [6, 6.07) is -0.305. The second-order valence-electron chi connectivity index (χ2n) is 9.50. The van der Waals surface area contributed by atoms with Gasteiger partial charge in [-0.3, -0.25) is 14.4 Å². The van der Waals surface area contributed by atoms with E-state index in [9.17, 15) is 24.6 Å². The van der Waals surface area contributed by atoms with Gasteiger partial charge in [0.25, 0.3) is 0 Å². The number of hydrogen-bond acceptors (Lipinski definition) is 5. The van der Waals surface area contributed by atoms with Gasteiger partial charge in [-0.05, 0) is 43.4 Å². The zero-order valence-corrected chi connectivity index (χ0v) is 15.6. The second kappa shape index (κ2) is 5.25. The number of aliphatic hydroxyl groups excluding tert-OH is 1. The van der Waals surface area contributed by atoms with Crippen molar-refractivity contribution < 1.29 is 29.1 Å². The van der Waals surface area contributed by atoms with E-state index < -0.39 is 40.4 Å². The third kappa shape index (κ3) is 2.04. The van der Waals surface area contributed by atoms with Gasteiger partial charge in [-0.1, -0.05) is 6.08 Å². The average Bonchev–Trinajstić information content (AvgIpc) is 3.43. The van der Waals surface area contributed by atoms with Crippen LogP contribution < -0.4 is 0 Å². The van der Waals surface area contributed by atoms with Crippen LogP contribution in [-0.2, 0) is 14.4 Å². The standard InChI is InChI=1S/C21H26NO5/c1-22(11-12-2-3-12)9-8-20-17-13(4-5-14(23)18(17)25)10-16(22)21(20,27)7-6-15(24)19(20)26/h4-5,10,12,15-17,24,27H,2-3,6-9,11H2,1H3/q+1/t15?,16?,17?,20-,21?,22+/m0/s1. The van der Waals surface area contributed by atoms with Crippen molar-refractivity contribution in [1.82, 2.24) is 0 Å². The first-order valence-corrected chi connectivity index (χ1v) is 10.00. The highest BCUT2D eigenvalue weighted by molar-refractivity contribution is 6.44. The fourth-order valence-electron chi connectivity index (χ4n) is 6.50.